The van der Waals surface area contributed by atoms with Gasteiger partial charge in [-0.15, -0.1) is 0 Å². The average molecular weight is 416 g/mol. The summed E-state index contributed by atoms with van der Waals surface area (Å²) in [5.74, 6) is -0.0604. The molecule has 2 atom stereocenters. The second kappa shape index (κ2) is 8.66. The van der Waals surface area contributed by atoms with Crippen LogP contribution >= 0.6 is 0 Å². The minimum absolute atomic E-state index is 0.149. The number of nitro benzene ring substituents is 1. The third-order valence-corrected chi connectivity index (χ3v) is 4.67. The molecule has 0 spiro atoms. The summed E-state index contributed by atoms with van der Waals surface area (Å²) in [5.41, 5.74) is 5.27. The number of hydrazine groups is 1. The third kappa shape index (κ3) is 3.96. The minimum Gasteiger partial charge on any atom is -0.497 e. The fourth-order valence-corrected chi connectivity index (χ4v) is 3.13. The average Bonchev–Trinajstić information content (AvgIpc) is 3.12. The molecule has 1 saturated heterocycles. The highest BCUT2D eigenvalue weighted by Gasteiger charge is 2.41. The molecule has 1 aliphatic rings. The number of carbonyl (C=O) groups is 2. The summed E-state index contributed by atoms with van der Waals surface area (Å²) >= 11 is 0. The van der Waals surface area contributed by atoms with E-state index in [1.807, 2.05) is 0 Å². The number of rotatable bonds is 7. The first-order chi connectivity index (χ1) is 14.4. The molecule has 0 radical (unpaired) electrons. The molecule has 1 fully saturated rings. The molecule has 0 bridgehead atoms. The maximum Gasteiger partial charge on any atom is 0.278 e. The number of carbonyl (C=O) groups excluding carboxylic acids is 2. The lowest BCUT2D eigenvalue weighted by Gasteiger charge is -2.20. The van der Waals surface area contributed by atoms with Crippen LogP contribution in [0.25, 0.3) is 0 Å². The van der Waals surface area contributed by atoms with E-state index in [4.69, 9.17) is 14.2 Å². The van der Waals surface area contributed by atoms with Gasteiger partial charge in [-0.1, -0.05) is 0 Å². The van der Waals surface area contributed by atoms with Gasteiger partial charge in [-0.2, -0.15) is 0 Å². The first-order valence-corrected chi connectivity index (χ1v) is 8.80. The van der Waals surface area contributed by atoms with Crippen LogP contribution in [-0.4, -0.2) is 44.1 Å². The van der Waals surface area contributed by atoms with E-state index in [0.717, 1.165) is 0 Å². The molecule has 2 aromatic rings. The smallest absolute Gasteiger partial charge is 0.278 e. The zero-order chi connectivity index (χ0) is 21.8. The van der Waals surface area contributed by atoms with Gasteiger partial charge in [0.2, 0.25) is 0 Å². The van der Waals surface area contributed by atoms with Gasteiger partial charge in [-0.25, -0.2) is 5.43 Å². The molecule has 0 saturated carbocycles. The Kier molecular flexibility index (Phi) is 6.02. The fraction of sp³-hybridized carbons (Fsp3) is 0.263. The van der Waals surface area contributed by atoms with Crippen molar-refractivity contribution in [3.63, 3.8) is 0 Å². The highest BCUT2D eigenvalue weighted by molar-refractivity contribution is 5.98. The molecule has 3 N–H and O–H groups in total. The van der Waals surface area contributed by atoms with Crippen molar-refractivity contribution >= 4 is 17.5 Å². The largest absolute Gasteiger partial charge is 0.497 e. The normalized spacial score (nSPS) is 17.8. The molecular weight excluding hydrogens is 396 g/mol. The summed E-state index contributed by atoms with van der Waals surface area (Å²) in [6.45, 7) is 0. The van der Waals surface area contributed by atoms with E-state index in [1.54, 1.807) is 24.3 Å². The third-order valence-electron chi connectivity index (χ3n) is 4.67. The fourth-order valence-electron chi connectivity index (χ4n) is 3.13. The van der Waals surface area contributed by atoms with Gasteiger partial charge in [0, 0.05) is 5.56 Å². The molecule has 2 amide bonds. The first-order valence-electron chi connectivity index (χ1n) is 8.80. The van der Waals surface area contributed by atoms with E-state index >= 15 is 0 Å². The number of nitro groups is 1. The Balaban J connectivity index is 1.94. The maximum atomic E-state index is 12.6. The van der Waals surface area contributed by atoms with Gasteiger partial charge >= 0.3 is 0 Å². The van der Waals surface area contributed by atoms with Crippen molar-refractivity contribution < 1.29 is 28.7 Å². The van der Waals surface area contributed by atoms with Crippen LogP contribution in [-0.2, 0) is 4.79 Å². The van der Waals surface area contributed by atoms with Crippen molar-refractivity contribution in [1.29, 1.82) is 0 Å². The van der Waals surface area contributed by atoms with Gasteiger partial charge in [0.15, 0.2) is 11.5 Å². The predicted octanol–water partition coefficient (Wildman–Crippen LogP) is 1.09. The zero-order valence-corrected chi connectivity index (χ0v) is 16.4. The Morgan fingerprint density at radius 1 is 1.07 bits per heavy atom. The van der Waals surface area contributed by atoms with E-state index in [0.29, 0.717) is 11.3 Å². The number of nitrogens with zero attached hydrogens (tertiary/aromatic N) is 1. The SMILES string of the molecule is COc1ccc(C(=O)N[C@@H]2C(=O)NN[C@@H]2c2cc(OC)c(OC)cc2[N+](=O)[O-])cc1. The van der Waals surface area contributed by atoms with Crippen LogP contribution in [0.4, 0.5) is 5.69 Å². The van der Waals surface area contributed by atoms with Crippen molar-refractivity contribution in [2.24, 2.45) is 0 Å². The van der Waals surface area contributed by atoms with Crippen molar-refractivity contribution in [2.75, 3.05) is 21.3 Å². The molecule has 0 aromatic heterocycles. The number of amides is 2. The molecule has 30 heavy (non-hydrogen) atoms. The second-order valence-electron chi connectivity index (χ2n) is 6.31. The molecule has 0 aliphatic carbocycles. The summed E-state index contributed by atoms with van der Waals surface area (Å²) in [4.78, 5) is 36.0. The van der Waals surface area contributed by atoms with Crippen LogP contribution in [0, 0.1) is 10.1 Å². The molecule has 11 nitrogen and oxygen atoms in total. The number of methoxy groups -OCH3 is 3. The quantitative estimate of drug-likeness (QED) is 0.450. The van der Waals surface area contributed by atoms with E-state index in [1.165, 1.54) is 33.5 Å². The Hall–Kier alpha value is -3.86. The van der Waals surface area contributed by atoms with Crippen LogP contribution in [0.3, 0.4) is 0 Å². The predicted molar refractivity (Wildman–Crippen MR) is 104 cm³/mol. The van der Waals surface area contributed by atoms with Crippen molar-refractivity contribution in [2.45, 2.75) is 12.1 Å². The summed E-state index contributed by atoms with van der Waals surface area (Å²) in [6.07, 6.45) is 0. The van der Waals surface area contributed by atoms with Crippen molar-refractivity contribution in [3.8, 4) is 17.2 Å². The summed E-state index contributed by atoms with van der Waals surface area (Å²) in [7, 11) is 4.25. The Bertz CT molecular complexity index is 978. The summed E-state index contributed by atoms with van der Waals surface area (Å²) in [6, 6.07) is 6.90. The molecule has 3 rings (SSSR count). The summed E-state index contributed by atoms with van der Waals surface area (Å²) < 4.78 is 15.4. The van der Waals surface area contributed by atoms with Crippen LogP contribution in [0.15, 0.2) is 36.4 Å². The lowest BCUT2D eigenvalue weighted by Crippen LogP contribution is -2.43. The Morgan fingerprint density at radius 2 is 1.70 bits per heavy atom. The lowest BCUT2D eigenvalue weighted by atomic mass is 9.97. The van der Waals surface area contributed by atoms with E-state index in [2.05, 4.69) is 16.2 Å². The van der Waals surface area contributed by atoms with Gasteiger partial charge in [-0.3, -0.25) is 25.1 Å². The zero-order valence-electron chi connectivity index (χ0n) is 16.4. The second-order valence-corrected chi connectivity index (χ2v) is 6.31. The van der Waals surface area contributed by atoms with E-state index in [-0.39, 0.29) is 22.7 Å². The molecule has 0 unspecified atom stereocenters. The van der Waals surface area contributed by atoms with Gasteiger partial charge in [-0.05, 0) is 30.3 Å². The van der Waals surface area contributed by atoms with Crippen LogP contribution in [0.2, 0.25) is 0 Å². The van der Waals surface area contributed by atoms with Crippen molar-refractivity contribution in [3.05, 3.63) is 57.6 Å². The number of hydrogen-bond acceptors (Lipinski definition) is 8. The first kappa shape index (κ1) is 20.9. The van der Waals surface area contributed by atoms with Crippen molar-refractivity contribution in [1.82, 2.24) is 16.2 Å². The molecule has 2 aromatic carbocycles. The van der Waals surface area contributed by atoms with Crippen LogP contribution in [0.1, 0.15) is 22.0 Å². The van der Waals surface area contributed by atoms with Gasteiger partial charge in [0.25, 0.3) is 17.5 Å². The monoisotopic (exact) mass is 416 g/mol. The number of nitrogens with one attached hydrogen (secondary N) is 3. The number of ether oxygens (including phenoxy) is 3. The van der Waals surface area contributed by atoms with E-state index < -0.39 is 28.8 Å². The van der Waals surface area contributed by atoms with Gasteiger partial charge in [0.1, 0.15) is 11.8 Å². The highest BCUT2D eigenvalue weighted by atomic mass is 16.6. The maximum absolute atomic E-state index is 12.6. The van der Waals surface area contributed by atoms with Gasteiger partial charge in [0.05, 0.1) is 43.9 Å². The summed E-state index contributed by atoms with van der Waals surface area (Å²) in [5, 5.41) is 14.2. The number of benzene rings is 2. The molecule has 158 valence electrons. The topological polar surface area (TPSA) is 141 Å². The molecular formula is C19H20N4O7. The van der Waals surface area contributed by atoms with E-state index in [9.17, 15) is 19.7 Å². The standard InChI is InChI=1S/C19H20N4O7/c1-28-11-6-4-10(5-7-11)18(24)20-17-16(21-22-19(17)25)12-8-14(29-2)15(30-3)9-13(12)23(26)27/h4-9,16-17,21H,1-3H3,(H,20,24)(H,22,25)/t16-,17+/m1/s1. The number of hydrogen-bond donors (Lipinski definition) is 3. The van der Waals surface area contributed by atoms with Gasteiger partial charge < -0.3 is 19.5 Å². The van der Waals surface area contributed by atoms with Crippen LogP contribution < -0.4 is 30.4 Å². The molecule has 1 aliphatic heterocycles. The van der Waals surface area contributed by atoms with Crippen LogP contribution in [0.5, 0.6) is 17.2 Å². The lowest BCUT2D eigenvalue weighted by molar-refractivity contribution is -0.385. The highest BCUT2D eigenvalue weighted by Crippen LogP contribution is 2.38. The molecule has 11 heteroatoms. The Labute approximate surface area is 171 Å². The minimum atomic E-state index is -1.10. The Morgan fingerprint density at radius 3 is 2.27 bits per heavy atom. The molecule has 1 heterocycles.